The van der Waals surface area contributed by atoms with Gasteiger partial charge in [0.1, 0.15) is 16.7 Å². The summed E-state index contributed by atoms with van der Waals surface area (Å²) in [5, 5.41) is 5.89. The second kappa shape index (κ2) is 6.42. The van der Waals surface area contributed by atoms with Crippen molar-refractivity contribution < 1.29 is 17.9 Å². The van der Waals surface area contributed by atoms with E-state index in [1.165, 1.54) is 6.20 Å². The highest BCUT2D eigenvalue weighted by molar-refractivity contribution is 7.89. The average Bonchev–Trinajstić information content (AvgIpc) is 3.25. The summed E-state index contributed by atoms with van der Waals surface area (Å²) in [5.74, 6) is 0.841. The molecule has 0 radical (unpaired) electrons. The zero-order valence-electron chi connectivity index (χ0n) is 14.4. The van der Waals surface area contributed by atoms with E-state index in [4.69, 9.17) is 14.6 Å². The normalized spacial score (nSPS) is 17.7. The summed E-state index contributed by atoms with van der Waals surface area (Å²) >= 11 is 0. The van der Waals surface area contributed by atoms with Crippen LogP contribution in [0.1, 0.15) is 12.0 Å². The molecule has 1 unspecified atom stereocenters. The Labute approximate surface area is 152 Å². The van der Waals surface area contributed by atoms with Gasteiger partial charge in [0.2, 0.25) is 10.0 Å². The number of aromatic amines is 1. The summed E-state index contributed by atoms with van der Waals surface area (Å²) in [4.78, 5) is 3.15. The molecule has 1 atom stereocenters. The van der Waals surface area contributed by atoms with Crippen LogP contribution >= 0.6 is 0 Å². The fourth-order valence-corrected chi connectivity index (χ4v) is 4.04. The zero-order valence-corrected chi connectivity index (χ0v) is 15.2. The highest BCUT2D eigenvalue weighted by Gasteiger charge is 2.19. The summed E-state index contributed by atoms with van der Waals surface area (Å²) in [6.07, 6.45) is 2.44. The minimum absolute atomic E-state index is 0.101. The van der Waals surface area contributed by atoms with Crippen LogP contribution in [0, 0.1) is 6.92 Å². The number of aryl methyl sites for hydroxylation is 1. The van der Waals surface area contributed by atoms with Gasteiger partial charge in [-0.15, -0.1) is 0 Å². The first-order valence-electron chi connectivity index (χ1n) is 8.42. The molecule has 136 valence electrons. The maximum atomic E-state index is 11.8. The van der Waals surface area contributed by atoms with Crippen LogP contribution in [0.25, 0.3) is 22.0 Å². The SMILES string of the molecule is Cc1cc(-c2cccc3c(S(N)(=O)=O)c[nH]c23)ccc1OC1CCOC1. The molecule has 4 rings (SSSR count). The van der Waals surface area contributed by atoms with E-state index in [9.17, 15) is 8.42 Å². The van der Waals surface area contributed by atoms with Gasteiger partial charge in [0.25, 0.3) is 0 Å². The molecular weight excluding hydrogens is 352 g/mol. The standard InChI is InChI=1S/C19H20N2O4S/c1-12-9-13(5-6-17(12)25-14-7-8-24-11-14)15-3-2-4-16-18(26(20,22)23)10-21-19(15)16/h2-6,9-10,14,21H,7-8,11H2,1H3,(H2,20,22,23). The quantitative estimate of drug-likeness (QED) is 0.736. The van der Waals surface area contributed by atoms with Crippen molar-refractivity contribution in [3.05, 3.63) is 48.2 Å². The number of sulfonamides is 1. The molecule has 1 saturated heterocycles. The lowest BCUT2D eigenvalue weighted by Crippen LogP contribution is -2.16. The predicted molar refractivity (Wildman–Crippen MR) is 99.7 cm³/mol. The van der Waals surface area contributed by atoms with Crippen LogP contribution in [-0.4, -0.2) is 32.7 Å². The van der Waals surface area contributed by atoms with Crippen LogP contribution in [0.3, 0.4) is 0 Å². The maximum Gasteiger partial charge on any atom is 0.240 e. The molecule has 0 amide bonds. The van der Waals surface area contributed by atoms with Crippen molar-refractivity contribution in [2.24, 2.45) is 5.14 Å². The molecule has 1 aliphatic heterocycles. The number of hydrogen-bond donors (Lipinski definition) is 2. The van der Waals surface area contributed by atoms with Crippen molar-refractivity contribution in [2.45, 2.75) is 24.3 Å². The highest BCUT2D eigenvalue weighted by atomic mass is 32.2. The van der Waals surface area contributed by atoms with Crippen molar-refractivity contribution in [1.29, 1.82) is 0 Å². The van der Waals surface area contributed by atoms with Crippen molar-refractivity contribution >= 4 is 20.9 Å². The van der Waals surface area contributed by atoms with E-state index >= 15 is 0 Å². The Hall–Kier alpha value is -2.35. The lowest BCUT2D eigenvalue weighted by atomic mass is 10.0. The zero-order chi connectivity index (χ0) is 18.3. The number of rotatable bonds is 4. The number of nitrogens with one attached hydrogen (secondary N) is 1. The second-order valence-electron chi connectivity index (χ2n) is 6.51. The van der Waals surface area contributed by atoms with Crippen LogP contribution in [-0.2, 0) is 14.8 Å². The number of aromatic nitrogens is 1. The average molecular weight is 372 g/mol. The van der Waals surface area contributed by atoms with Crippen LogP contribution in [0.5, 0.6) is 5.75 Å². The topological polar surface area (TPSA) is 94.4 Å². The summed E-state index contributed by atoms with van der Waals surface area (Å²) in [6.45, 7) is 3.36. The van der Waals surface area contributed by atoms with E-state index in [0.717, 1.165) is 41.0 Å². The smallest absolute Gasteiger partial charge is 0.240 e. The highest BCUT2D eigenvalue weighted by Crippen LogP contribution is 2.33. The summed E-state index contributed by atoms with van der Waals surface area (Å²) in [5.41, 5.74) is 3.65. The lowest BCUT2D eigenvalue weighted by molar-refractivity contribution is 0.141. The predicted octanol–water partition coefficient (Wildman–Crippen LogP) is 2.96. The molecule has 1 aromatic heterocycles. The molecule has 1 aliphatic rings. The van der Waals surface area contributed by atoms with Gasteiger partial charge >= 0.3 is 0 Å². The van der Waals surface area contributed by atoms with E-state index in [0.29, 0.717) is 12.0 Å². The number of nitrogens with two attached hydrogens (primary N) is 1. The molecule has 0 saturated carbocycles. The number of fused-ring (bicyclic) bond motifs is 1. The first-order valence-corrected chi connectivity index (χ1v) is 9.96. The fourth-order valence-electron chi connectivity index (χ4n) is 3.34. The molecule has 6 nitrogen and oxygen atoms in total. The summed E-state index contributed by atoms with van der Waals surface area (Å²) in [7, 11) is -3.78. The van der Waals surface area contributed by atoms with Crippen molar-refractivity contribution in [3.8, 4) is 16.9 Å². The fraction of sp³-hybridized carbons (Fsp3) is 0.263. The Kier molecular flexibility index (Phi) is 4.22. The molecule has 0 aliphatic carbocycles. The number of benzene rings is 2. The van der Waals surface area contributed by atoms with Crippen LogP contribution < -0.4 is 9.88 Å². The Bertz CT molecular complexity index is 1070. The van der Waals surface area contributed by atoms with Gasteiger partial charge in [0.05, 0.1) is 18.7 Å². The number of para-hydroxylation sites is 1. The van der Waals surface area contributed by atoms with Gasteiger partial charge in [-0.2, -0.15) is 0 Å². The Morgan fingerprint density at radius 2 is 2.12 bits per heavy atom. The van der Waals surface area contributed by atoms with E-state index in [1.807, 2.05) is 37.3 Å². The van der Waals surface area contributed by atoms with Gasteiger partial charge < -0.3 is 14.5 Å². The summed E-state index contributed by atoms with van der Waals surface area (Å²) < 4.78 is 34.9. The first kappa shape index (κ1) is 17.1. The minimum Gasteiger partial charge on any atom is -0.488 e. The summed E-state index contributed by atoms with van der Waals surface area (Å²) in [6, 6.07) is 11.5. The Morgan fingerprint density at radius 3 is 2.81 bits per heavy atom. The number of primary sulfonamides is 1. The second-order valence-corrected chi connectivity index (χ2v) is 8.04. The van der Waals surface area contributed by atoms with E-state index < -0.39 is 10.0 Å². The maximum absolute atomic E-state index is 11.8. The van der Waals surface area contributed by atoms with Gasteiger partial charge in [-0.25, -0.2) is 13.6 Å². The monoisotopic (exact) mass is 372 g/mol. The molecule has 0 spiro atoms. The molecule has 3 N–H and O–H groups in total. The molecule has 2 aromatic carbocycles. The van der Waals surface area contributed by atoms with Gasteiger partial charge in [0.15, 0.2) is 0 Å². The molecule has 2 heterocycles. The third kappa shape index (κ3) is 3.09. The van der Waals surface area contributed by atoms with Crippen LogP contribution in [0.2, 0.25) is 0 Å². The third-order valence-corrected chi connectivity index (χ3v) is 5.60. The van der Waals surface area contributed by atoms with Gasteiger partial charge in [-0.1, -0.05) is 24.3 Å². The first-order chi connectivity index (χ1) is 12.4. The molecule has 7 heteroatoms. The molecular formula is C19H20N2O4S. The van der Waals surface area contributed by atoms with Crippen molar-refractivity contribution in [1.82, 2.24) is 4.98 Å². The molecule has 26 heavy (non-hydrogen) atoms. The van der Waals surface area contributed by atoms with Crippen molar-refractivity contribution in [3.63, 3.8) is 0 Å². The largest absolute Gasteiger partial charge is 0.488 e. The molecule has 1 fully saturated rings. The molecule has 0 bridgehead atoms. The lowest BCUT2D eigenvalue weighted by Gasteiger charge is -2.15. The van der Waals surface area contributed by atoms with Crippen LogP contribution in [0.15, 0.2) is 47.5 Å². The third-order valence-electron chi connectivity index (χ3n) is 4.65. The Balaban J connectivity index is 1.73. The van der Waals surface area contributed by atoms with Crippen molar-refractivity contribution in [2.75, 3.05) is 13.2 Å². The number of ether oxygens (including phenoxy) is 2. The van der Waals surface area contributed by atoms with E-state index in [2.05, 4.69) is 4.98 Å². The van der Waals surface area contributed by atoms with Gasteiger partial charge in [0, 0.05) is 23.6 Å². The van der Waals surface area contributed by atoms with Crippen LogP contribution in [0.4, 0.5) is 0 Å². The minimum atomic E-state index is -3.78. The van der Waals surface area contributed by atoms with Gasteiger partial charge in [-0.3, -0.25) is 0 Å². The van der Waals surface area contributed by atoms with E-state index in [-0.39, 0.29) is 11.0 Å². The number of hydrogen-bond acceptors (Lipinski definition) is 4. The van der Waals surface area contributed by atoms with Gasteiger partial charge in [-0.05, 0) is 30.2 Å². The molecule has 3 aromatic rings. The van der Waals surface area contributed by atoms with E-state index in [1.54, 1.807) is 6.07 Å². The number of H-pyrrole nitrogens is 1. The Morgan fingerprint density at radius 1 is 1.27 bits per heavy atom.